The molecule has 2 amide bonds. The number of halogens is 1. The van der Waals surface area contributed by atoms with Gasteiger partial charge in [-0.1, -0.05) is 23.7 Å². The molecule has 4 nitrogen and oxygen atoms in total. The lowest BCUT2D eigenvalue weighted by Crippen LogP contribution is -2.43. The first-order valence-corrected chi connectivity index (χ1v) is 6.39. The van der Waals surface area contributed by atoms with E-state index in [0.717, 1.165) is 4.90 Å². The number of rotatable bonds is 1. The maximum Gasteiger partial charge on any atom is 0.272 e. The lowest BCUT2D eigenvalue weighted by atomic mass is 10.1. The summed E-state index contributed by atoms with van der Waals surface area (Å²) in [5, 5.41) is 0.537. The van der Waals surface area contributed by atoms with Crippen molar-refractivity contribution in [1.29, 1.82) is 0 Å². The topological polar surface area (TPSA) is 46.6 Å². The first kappa shape index (κ1) is 12.7. The van der Waals surface area contributed by atoms with Gasteiger partial charge in [-0.2, -0.15) is 0 Å². The molecule has 0 unspecified atom stereocenters. The molecule has 0 saturated heterocycles. The van der Waals surface area contributed by atoms with E-state index in [4.69, 9.17) is 16.3 Å². The third-order valence-corrected chi connectivity index (χ3v) is 3.25. The number of benzene rings is 2. The average molecular weight is 288 g/mol. The van der Waals surface area contributed by atoms with Gasteiger partial charge in [0.2, 0.25) is 0 Å². The molecule has 0 fully saturated rings. The van der Waals surface area contributed by atoms with Crippen LogP contribution in [-0.4, -0.2) is 18.4 Å². The first-order chi connectivity index (χ1) is 9.66. The minimum absolute atomic E-state index is 0.143. The second kappa shape index (κ2) is 4.98. The number of hydrogen-bond acceptors (Lipinski definition) is 3. The summed E-state index contributed by atoms with van der Waals surface area (Å²) in [4.78, 5) is 25.6. The minimum Gasteiger partial charge on any atom is -0.482 e. The van der Waals surface area contributed by atoms with Gasteiger partial charge >= 0.3 is 0 Å². The summed E-state index contributed by atoms with van der Waals surface area (Å²) >= 11 is 5.80. The Kier molecular flexibility index (Phi) is 3.16. The molecular formula is C15H10ClNO3. The fourth-order valence-corrected chi connectivity index (χ4v) is 2.17. The number of carbonyl (C=O) groups is 2. The van der Waals surface area contributed by atoms with Gasteiger partial charge in [0.15, 0.2) is 6.61 Å². The van der Waals surface area contributed by atoms with Crippen molar-refractivity contribution >= 4 is 29.1 Å². The van der Waals surface area contributed by atoms with Crippen molar-refractivity contribution in [2.24, 2.45) is 0 Å². The number of carbonyl (C=O) groups excluding carboxylic acids is 2. The van der Waals surface area contributed by atoms with Gasteiger partial charge in [0.25, 0.3) is 11.8 Å². The molecule has 2 aromatic rings. The van der Waals surface area contributed by atoms with Crippen LogP contribution in [-0.2, 0) is 4.79 Å². The number of hydrogen-bond donors (Lipinski definition) is 0. The molecular weight excluding hydrogens is 278 g/mol. The van der Waals surface area contributed by atoms with Gasteiger partial charge in [0, 0.05) is 10.6 Å². The lowest BCUT2D eigenvalue weighted by Gasteiger charge is -2.27. The SMILES string of the molecule is O=C1COc2ccccc2N1C(=O)c1ccc(Cl)cc1. The van der Waals surface area contributed by atoms with Crippen molar-refractivity contribution in [2.45, 2.75) is 0 Å². The summed E-state index contributed by atoms with van der Waals surface area (Å²) in [6.45, 7) is -0.143. The van der Waals surface area contributed by atoms with Crippen LogP contribution in [0, 0.1) is 0 Å². The number of para-hydroxylation sites is 2. The summed E-state index contributed by atoms with van der Waals surface area (Å²) in [5.41, 5.74) is 0.864. The van der Waals surface area contributed by atoms with Crippen LogP contribution in [0.3, 0.4) is 0 Å². The van der Waals surface area contributed by atoms with Gasteiger partial charge in [0.1, 0.15) is 5.75 Å². The van der Waals surface area contributed by atoms with Gasteiger partial charge < -0.3 is 4.74 Å². The summed E-state index contributed by atoms with van der Waals surface area (Å²) in [6, 6.07) is 13.4. The smallest absolute Gasteiger partial charge is 0.272 e. The van der Waals surface area contributed by atoms with Crippen LogP contribution in [0.1, 0.15) is 10.4 Å². The highest BCUT2D eigenvalue weighted by atomic mass is 35.5. The number of amides is 2. The van der Waals surface area contributed by atoms with Crippen molar-refractivity contribution < 1.29 is 14.3 Å². The van der Waals surface area contributed by atoms with Crippen LogP contribution in [0.2, 0.25) is 5.02 Å². The van der Waals surface area contributed by atoms with E-state index < -0.39 is 0 Å². The van der Waals surface area contributed by atoms with Crippen molar-refractivity contribution in [3.05, 3.63) is 59.1 Å². The highest BCUT2D eigenvalue weighted by Crippen LogP contribution is 2.32. The molecule has 1 aliphatic heterocycles. The molecule has 100 valence electrons. The van der Waals surface area contributed by atoms with Crippen LogP contribution in [0.5, 0.6) is 5.75 Å². The molecule has 20 heavy (non-hydrogen) atoms. The predicted octanol–water partition coefficient (Wildman–Crippen LogP) is 2.91. The number of anilines is 1. The number of fused-ring (bicyclic) bond motifs is 1. The van der Waals surface area contributed by atoms with Crippen LogP contribution in [0.4, 0.5) is 5.69 Å². The first-order valence-electron chi connectivity index (χ1n) is 6.01. The van der Waals surface area contributed by atoms with Crippen LogP contribution in [0.25, 0.3) is 0 Å². The standard InChI is InChI=1S/C15H10ClNO3/c16-11-7-5-10(6-8-11)15(19)17-12-3-1-2-4-13(12)20-9-14(17)18/h1-8H,9H2. The zero-order valence-electron chi connectivity index (χ0n) is 10.4. The zero-order chi connectivity index (χ0) is 14.1. The highest BCUT2D eigenvalue weighted by Gasteiger charge is 2.31. The largest absolute Gasteiger partial charge is 0.482 e. The van der Waals surface area contributed by atoms with Gasteiger partial charge in [-0.15, -0.1) is 0 Å². The minimum atomic E-state index is -0.387. The Hall–Kier alpha value is -2.33. The van der Waals surface area contributed by atoms with Gasteiger partial charge in [-0.05, 0) is 36.4 Å². The molecule has 0 radical (unpaired) electrons. The molecule has 0 aromatic heterocycles. The Bertz CT molecular complexity index is 682. The molecule has 0 bridgehead atoms. The summed E-state index contributed by atoms with van der Waals surface area (Å²) in [5.74, 6) is -0.250. The van der Waals surface area contributed by atoms with Gasteiger partial charge in [-0.25, -0.2) is 4.90 Å². The van der Waals surface area contributed by atoms with E-state index >= 15 is 0 Å². The Morgan fingerprint density at radius 1 is 1.10 bits per heavy atom. The third kappa shape index (κ3) is 2.14. The van der Waals surface area contributed by atoms with Crippen LogP contribution < -0.4 is 9.64 Å². The van der Waals surface area contributed by atoms with E-state index in [1.54, 1.807) is 48.5 Å². The average Bonchev–Trinajstić information content (AvgIpc) is 2.47. The number of imide groups is 1. The second-order valence-electron chi connectivity index (χ2n) is 4.30. The molecule has 5 heteroatoms. The fraction of sp³-hybridized carbons (Fsp3) is 0.0667. The molecule has 1 aliphatic rings. The van der Waals surface area contributed by atoms with Crippen LogP contribution in [0.15, 0.2) is 48.5 Å². The lowest BCUT2D eigenvalue weighted by molar-refractivity contribution is -0.120. The van der Waals surface area contributed by atoms with Crippen LogP contribution >= 0.6 is 11.6 Å². The molecule has 0 aliphatic carbocycles. The van der Waals surface area contributed by atoms with E-state index in [1.165, 1.54) is 0 Å². The van der Waals surface area contributed by atoms with E-state index in [0.29, 0.717) is 22.0 Å². The maximum absolute atomic E-state index is 12.5. The molecule has 0 N–H and O–H groups in total. The van der Waals surface area contributed by atoms with Gasteiger partial charge in [0.05, 0.1) is 5.69 Å². The Morgan fingerprint density at radius 2 is 1.80 bits per heavy atom. The molecule has 0 atom stereocenters. The van der Waals surface area contributed by atoms with Crippen molar-refractivity contribution in [3.63, 3.8) is 0 Å². The molecule has 0 spiro atoms. The Balaban J connectivity index is 2.02. The summed E-state index contributed by atoms with van der Waals surface area (Å²) < 4.78 is 5.31. The highest BCUT2D eigenvalue weighted by molar-refractivity contribution is 6.31. The second-order valence-corrected chi connectivity index (χ2v) is 4.73. The number of ether oxygens (including phenoxy) is 1. The van der Waals surface area contributed by atoms with Gasteiger partial charge in [-0.3, -0.25) is 9.59 Å². The molecule has 1 heterocycles. The normalized spacial score (nSPS) is 13.7. The van der Waals surface area contributed by atoms with Crippen molar-refractivity contribution in [2.75, 3.05) is 11.5 Å². The fourth-order valence-electron chi connectivity index (χ4n) is 2.05. The summed E-state index contributed by atoms with van der Waals surface area (Å²) in [6.07, 6.45) is 0. The quantitative estimate of drug-likeness (QED) is 0.758. The molecule has 2 aromatic carbocycles. The van der Waals surface area contributed by atoms with E-state index in [1.807, 2.05) is 0 Å². The van der Waals surface area contributed by atoms with E-state index in [-0.39, 0.29) is 18.4 Å². The third-order valence-electron chi connectivity index (χ3n) is 3.00. The number of nitrogens with zero attached hydrogens (tertiary/aromatic N) is 1. The molecule has 0 saturated carbocycles. The maximum atomic E-state index is 12.5. The van der Waals surface area contributed by atoms with Crippen molar-refractivity contribution in [3.8, 4) is 5.75 Å². The predicted molar refractivity (Wildman–Crippen MR) is 75.2 cm³/mol. The van der Waals surface area contributed by atoms with E-state index in [9.17, 15) is 9.59 Å². The monoisotopic (exact) mass is 287 g/mol. The summed E-state index contributed by atoms with van der Waals surface area (Å²) in [7, 11) is 0. The van der Waals surface area contributed by atoms with E-state index in [2.05, 4.69) is 0 Å². The Morgan fingerprint density at radius 3 is 2.55 bits per heavy atom. The van der Waals surface area contributed by atoms with Crippen molar-refractivity contribution in [1.82, 2.24) is 0 Å². The zero-order valence-corrected chi connectivity index (χ0v) is 11.1. The Labute approximate surface area is 120 Å². The molecule has 3 rings (SSSR count).